The predicted octanol–water partition coefficient (Wildman–Crippen LogP) is 0.814. The maximum absolute atomic E-state index is 11.7. The summed E-state index contributed by atoms with van der Waals surface area (Å²) in [6, 6.07) is 0.108. The van der Waals surface area contributed by atoms with Crippen LogP contribution in [0.5, 0.6) is 0 Å². The second-order valence-electron chi connectivity index (χ2n) is 5.02. The fourth-order valence-corrected chi connectivity index (χ4v) is 1.83. The minimum absolute atomic E-state index is 0.0774. The van der Waals surface area contributed by atoms with Crippen molar-refractivity contribution < 1.29 is 14.3 Å². The maximum Gasteiger partial charge on any atom is 0.248 e. The molecule has 5 nitrogen and oxygen atoms in total. The van der Waals surface area contributed by atoms with E-state index in [0.29, 0.717) is 13.2 Å². The van der Waals surface area contributed by atoms with Crippen LogP contribution < -0.4 is 11.1 Å². The number of ether oxygens (including phenoxy) is 2. The lowest BCUT2D eigenvalue weighted by atomic mass is 10.1. The normalized spacial score (nSPS) is 23.4. The van der Waals surface area contributed by atoms with Gasteiger partial charge in [0.15, 0.2) is 0 Å². The Bertz CT molecular complexity index is 240. The molecule has 3 N–H and O–H groups in total. The lowest BCUT2D eigenvalue weighted by molar-refractivity contribution is -0.135. The van der Waals surface area contributed by atoms with Crippen LogP contribution in [0.25, 0.3) is 0 Å². The zero-order valence-electron chi connectivity index (χ0n) is 11.5. The highest BCUT2D eigenvalue weighted by Gasteiger charge is 2.18. The molecule has 1 amide bonds. The third kappa shape index (κ3) is 6.33. The Labute approximate surface area is 109 Å². The van der Waals surface area contributed by atoms with Crippen LogP contribution in [-0.4, -0.2) is 43.9 Å². The topological polar surface area (TPSA) is 73.6 Å². The van der Waals surface area contributed by atoms with Crippen molar-refractivity contribution in [2.24, 2.45) is 5.73 Å². The monoisotopic (exact) mass is 258 g/mol. The molecule has 1 aliphatic rings. The molecule has 0 aromatic carbocycles. The largest absolute Gasteiger partial charge is 0.376 e. The van der Waals surface area contributed by atoms with Gasteiger partial charge in [0.1, 0.15) is 6.10 Å². The first-order valence-electron chi connectivity index (χ1n) is 6.86. The molecule has 0 bridgehead atoms. The smallest absolute Gasteiger partial charge is 0.248 e. The molecule has 1 saturated heterocycles. The van der Waals surface area contributed by atoms with Crippen LogP contribution in [-0.2, 0) is 14.3 Å². The number of nitrogens with one attached hydrogen (secondary N) is 1. The average Bonchev–Trinajstić information content (AvgIpc) is 2.36. The molecule has 0 radical (unpaired) electrons. The SMILES string of the molecule is CC(N)CCNC(=O)C(C)OCC1CCCCO1. The summed E-state index contributed by atoms with van der Waals surface area (Å²) < 4.78 is 11.1. The van der Waals surface area contributed by atoms with Gasteiger partial charge >= 0.3 is 0 Å². The van der Waals surface area contributed by atoms with Gasteiger partial charge in [-0.15, -0.1) is 0 Å². The summed E-state index contributed by atoms with van der Waals surface area (Å²) in [4.78, 5) is 11.7. The van der Waals surface area contributed by atoms with Crippen molar-refractivity contribution in [2.45, 2.75) is 57.8 Å². The molecule has 1 heterocycles. The summed E-state index contributed by atoms with van der Waals surface area (Å²) in [6.07, 6.45) is 3.84. The average molecular weight is 258 g/mol. The van der Waals surface area contributed by atoms with Gasteiger partial charge in [0, 0.05) is 19.2 Å². The number of amides is 1. The van der Waals surface area contributed by atoms with Crippen LogP contribution in [0.3, 0.4) is 0 Å². The van der Waals surface area contributed by atoms with Crippen LogP contribution in [0.4, 0.5) is 0 Å². The molecule has 0 aromatic rings. The molecule has 106 valence electrons. The molecular formula is C13H26N2O3. The van der Waals surface area contributed by atoms with Crippen molar-refractivity contribution in [3.8, 4) is 0 Å². The summed E-state index contributed by atoms with van der Waals surface area (Å²) in [5.41, 5.74) is 5.61. The van der Waals surface area contributed by atoms with Crippen molar-refractivity contribution in [2.75, 3.05) is 19.8 Å². The first kappa shape index (κ1) is 15.4. The summed E-state index contributed by atoms with van der Waals surface area (Å²) in [6.45, 7) is 5.60. The first-order valence-corrected chi connectivity index (χ1v) is 6.86. The second-order valence-corrected chi connectivity index (χ2v) is 5.02. The highest BCUT2D eigenvalue weighted by molar-refractivity contribution is 5.80. The van der Waals surface area contributed by atoms with Crippen LogP contribution in [0, 0.1) is 0 Å². The van der Waals surface area contributed by atoms with Crippen molar-refractivity contribution in [3.05, 3.63) is 0 Å². The van der Waals surface area contributed by atoms with Gasteiger partial charge in [0.2, 0.25) is 5.91 Å². The first-order chi connectivity index (χ1) is 8.59. The molecule has 1 rings (SSSR count). The quantitative estimate of drug-likeness (QED) is 0.709. The van der Waals surface area contributed by atoms with Gasteiger partial charge in [-0.2, -0.15) is 0 Å². The van der Waals surface area contributed by atoms with Crippen molar-refractivity contribution >= 4 is 5.91 Å². The lowest BCUT2D eigenvalue weighted by Crippen LogP contribution is -2.38. The zero-order valence-corrected chi connectivity index (χ0v) is 11.5. The van der Waals surface area contributed by atoms with E-state index in [1.165, 1.54) is 6.42 Å². The van der Waals surface area contributed by atoms with E-state index in [9.17, 15) is 4.79 Å². The highest BCUT2D eigenvalue weighted by Crippen LogP contribution is 2.13. The Kier molecular flexibility index (Phi) is 7.23. The van der Waals surface area contributed by atoms with Crippen LogP contribution in [0.1, 0.15) is 39.5 Å². The van der Waals surface area contributed by atoms with E-state index in [1.807, 2.05) is 6.92 Å². The summed E-state index contributed by atoms with van der Waals surface area (Å²) in [5, 5.41) is 2.82. The van der Waals surface area contributed by atoms with E-state index in [0.717, 1.165) is 25.9 Å². The number of nitrogens with two attached hydrogens (primary N) is 1. The van der Waals surface area contributed by atoms with Gasteiger partial charge in [0.05, 0.1) is 12.7 Å². The van der Waals surface area contributed by atoms with Gasteiger partial charge in [-0.3, -0.25) is 4.79 Å². The third-order valence-electron chi connectivity index (χ3n) is 3.07. The Hall–Kier alpha value is -0.650. The highest BCUT2D eigenvalue weighted by atomic mass is 16.5. The number of hydrogen-bond donors (Lipinski definition) is 2. The molecular weight excluding hydrogens is 232 g/mol. The molecule has 18 heavy (non-hydrogen) atoms. The predicted molar refractivity (Wildman–Crippen MR) is 70.3 cm³/mol. The third-order valence-corrected chi connectivity index (χ3v) is 3.07. The summed E-state index contributed by atoms with van der Waals surface area (Å²) >= 11 is 0. The van der Waals surface area contributed by atoms with E-state index in [-0.39, 0.29) is 18.1 Å². The molecule has 0 aliphatic carbocycles. The molecule has 1 fully saturated rings. The zero-order chi connectivity index (χ0) is 13.4. The molecule has 1 aliphatic heterocycles. The van der Waals surface area contributed by atoms with Gasteiger partial charge in [0.25, 0.3) is 0 Å². The number of rotatable bonds is 7. The fraction of sp³-hybridized carbons (Fsp3) is 0.923. The summed E-state index contributed by atoms with van der Waals surface area (Å²) in [5.74, 6) is -0.0774. The molecule has 0 spiro atoms. The van der Waals surface area contributed by atoms with Crippen LogP contribution in [0.2, 0.25) is 0 Å². The van der Waals surface area contributed by atoms with Crippen LogP contribution >= 0.6 is 0 Å². The van der Waals surface area contributed by atoms with E-state index >= 15 is 0 Å². The number of hydrogen-bond acceptors (Lipinski definition) is 4. The minimum atomic E-state index is -0.427. The molecule has 5 heteroatoms. The van der Waals surface area contributed by atoms with Gasteiger partial charge < -0.3 is 20.5 Å². The summed E-state index contributed by atoms with van der Waals surface area (Å²) in [7, 11) is 0. The van der Waals surface area contributed by atoms with Crippen molar-refractivity contribution in [1.29, 1.82) is 0 Å². The second kappa shape index (κ2) is 8.45. The lowest BCUT2D eigenvalue weighted by Gasteiger charge is -2.24. The number of carbonyl (C=O) groups excluding carboxylic acids is 1. The van der Waals surface area contributed by atoms with E-state index in [4.69, 9.17) is 15.2 Å². The minimum Gasteiger partial charge on any atom is -0.376 e. The van der Waals surface area contributed by atoms with Crippen LogP contribution in [0.15, 0.2) is 0 Å². The Morgan fingerprint density at radius 2 is 2.28 bits per heavy atom. The molecule has 0 saturated carbocycles. The van der Waals surface area contributed by atoms with Gasteiger partial charge in [-0.1, -0.05) is 0 Å². The molecule has 3 unspecified atom stereocenters. The van der Waals surface area contributed by atoms with E-state index in [1.54, 1.807) is 6.92 Å². The van der Waals surface area contributed by atoms with Crippen molar-refractivity contribution in [1.82, 2.24) is 5.32 Å². The molecule has 0 aromatic heterocycles. The van der Waals surface area contributed by atoms with Gasteiger partial charge in [-0.25, -0.2) is 0 Å². The number of carbonyl (C=O) groups is 1. The van der Waals surface area contributed by atoms with Gasteiger partial charge in [-0.05, 0) is 39.5 Å². The van der Waals surface area contributed by atoms with E-state index < -0.39 is 6.10 Å². The maximum atomic E-state index is 11.7. The van der Waals surface area contributed by atoms with Crippen molar-refractivity contribution in [3.63, 3.8) is 0 Å². The Morgan fingerprint density at radius 3 is 2.89 bits per heavy atom. The fourth-order valence-electron chi connectivity index (χ4n) is 1.83. The Morgan fingerprint density at radius 1 is 1.50 bits per heavy atom. The Balaban J connectivity index is 2.10. The standard InChI is InChI=1S/C13H26N2O3/c1-10(14)6-7-15-13(16)11(2)18-9-12-5-3-4-8-17-12/h10-12H,3-9,14H2,1-2H3,(H,15,16). The van der Waals surface area contributed by atoms with E-state index in [2.05, 4.69) is 5.32 Å². The molecule has 3 atom stereocenters.